The number of hydrogen-bond donors (Lipinski definition) is 2. The van der Waals surface area contributed by atoms with E-state index < -0.39 is 0 Å². The predicted octanol–water partition coefficient (Wildman–Crippen LogP) is 3.91. The number of nitrogens with two attached hydrogens (primary N) is 1. The number of anilines is 2. The summed E-state index contributed by atoms with van der Waals surface area (Å²) in [5.41, 5.74) is 6.56. The van der Waals surface area contributed by atoms with E-state index in [1.54, 1.807) is 18.6 Å². The van der Waals surface area contributed by atoms with E-state index in [0.717, 1.165) is 0 Å². The fourth-order valence-corrected chi connectivity index (χ4v) is 2.73. The molecular weight excluding hydrogens is 347 g/mol. The van der Waals surface area contributed by atoms with Gasteiger partial charge in [-0.1, -0.05) is 23.2 Å². The SMILES string of the molecule is COCCOc1ccsc1C(=O)Nc1cc(Cl)c(Cl)cc1N. The number of nitrogens with one attached hydrogen (secondary N) is 1. The van der Waals surface area contributed by atoms with Crippen LogP contribution in [-0.4, -0.2) is 26.2 Å². The summed E-state index contributed by atoms with van der Waals surface area (Å²) < 4.78 is 10.4. The molecular formula is C14H14Cl2N2O3S. The normalized spacial score (nSPS) is 10.5. The van der Waals surface area contributed by atoms with Gasteiger partial charge in [0.25, 0.3) is 5.91 Å². The molecule has 8 heteroatoms. The van der Waals surface area contributed by atoms with Crippen molar-refractivity contribution in [3.05, 3.63) is 38.5 Å². The Labute approximate surface area is 141 Å². The van der Waals surface area contributed by atoms with E-state index >= 15 is 0 Å². The van der Waals surface area contributed by atoms with Crippen molar-refractivity contribution in [2.75, 3.05) is 31.4 Å². The van der Waals surface area contributed by atoms with Crippen LogP contribution in [0.15, 0.2) is 23.6 Å². The lowest BCUT2D eigenvalue weighted by molar-refractivity contribution is 0.102. The maximum Gasteiger partial charge on any atom is 0.269 e. The molecule has 3 N–H and O–H groups in total. The van der Waals surface area contributed by atoms with Crippen molar-refractivity contribution in [1.29, 1.82) is 0 Å². The number of methoxy groups -OCH3 is 1. The summed E-state index contributed by atoms with van der Waals surface area (Å²) in [7, 11) is 1.58. The number of halogens is 2. The highest BCUT2D eigenvalue weighted by molar-refractivity contribution is 7.12. The van der Waals surface area contributed by atoms with Gasteiger partial charge in [0, 0.05) is 7.11 Å². The zero-order valence-electron chi connectivity index (χ0n) is 11.7. The number of thiophene rings is 1. The fraction of sp³-hybridized carbons (Fsp3) is 0.214. The van der Waals surface area contributed by atoms with E-state index in [-0.39, 0.29) is 5.91 Å². The third-order valence-corrected chi connectivity index (χ3v) is 4.34. The Morgan fingerprint density at radius 3 is 2.77 bits per heavy atom. The number of ether oxygens (including phenoxy) is 2. The number of carbonyl (C=O) groups excluding carboxylic acids is 1. The largest absolute Gasteiger partial charge is 0.489 e. The van der Waals surface area contributed by atoms with Crippen molar-refractivity contribution in [2.24, 2.45) is 0 Å². The van der Waals surface area contributed by atoms with Gasteiger partial charge < -0.3 is 20.5 Å². The van der Waals surface area contributed by atoms with Crippen LogP contribution in [0, 0.1) is 0 Å². The van der Waals surface area contributed by atoms with E-state index in [1.807, 2.05) is 0 Å². The summed E-state index contributed by atoms with van der Waals surface area (Å²) in [6.07, 6.45) is 0. The Morgan fingerprint density at radius 2 is 2.05 bits per heavy atom. The zero-order chi connectivity index (χ0) is 16.1. The van der Waals surface area contributed by atoms with Gasteiger partial charge in [0.2, 0.25) is 0 Å². The minimum absolute atomic E-state index is 0.314. The molecule has 5 nitrogen and oxygen atoms in total. The van der Waals surface area contributed by atoms with E-state index in [2.05, 4.69) is 5.32 Å². The third kappa shape index (κ3) is 4.04. The average molecular weight is 361 g/mol. The second kappa shape index (κ2) is 7.69. The molecule has 0 unspecified atom stereocenters. The molecule has 0 fully saturated rings. The molecule has 0 spiro atoms. The van der Waals surface area contributed by atoms with Crippen LogP contribution in [0.3, 0.4) is 0 Å². The van der Waals surface area contributed by atoms with Crippen LogP contribution in [0.2, 0.25) is 10.0 Å². The second-order valence-corrected chi connectivity index (χ2v) is 5.99. The van der Waals surface area contributed by atoms with Crippen LogP contribution in [0.5, 0.6) is 5.75 Å². The van der Waals surface area contributed by atoms with Gasteiger partial charge in [-0.3, -0.25) is 4.79 Å². The summed E-state index contributed by atoms with van der Waals surface area (Å²) in [5, 5.41) is 5.12. The van der Waals surface area contributed by atoms with Crippen LogP contribution in [-0.2, 0) is 4.74 Å². The van der Waals surface area contributed by atoms with Gasteiger partial charge in [0.05, 0.1) is 28.0 Å². The highest BCUT2D eigenvalue weighted by atomic mass is 35.5. The first-order valence-corrected chi connectivity index (χ1v) is 7.91. The average Bonchev–Trinajstić information content (AvgIpc) is 2.93. The summed E-state index contributed by atoms with van der Waals surface area (Å²) in [5.74, 6) is 0.172. The molecule has 1 amide bonds. The van der Waals surface area contributed by atoms with Gasteiger partial charge in [-0.25, -0.2) is 0 Å². The molecule has 2 rings (SSSR count). The lowest BCUT2D eigenvalue weighted by atomic mass is 10.2. The Morgan fingerprint density at radius 1 is 1.32 bits per heavy atom. The van der Waals surface area contributed by atoms with Gasteiger partial charge in [-0.05, 0) is 23.6 Å². The number of rotatable bonds is 6. The molecule has 22 heavy (non-hydrogen) atoms. The zero-order valence-corrected chi connectivity index (χ0v) is 14.0. The standard InChI is InChI=1S/C14H14Cl2N2O3S/c1-20-3-4-21-12-2-5-22-13(12)14(19)18-11-7-9(16)8(15)6-10(11)17/h2,5-7H,3-4,17H2,1H3,(H,18,19). The topological polar surface area (TPSA) is 73.6 Å². The van der Waals surface area contributed by atoms with Crippen molar-refractivity contribution in [2.45, 2.75) is 0 Å². The smallest absolute Gasteiger partial charge is 0.269 e. The minimum Gasteiger partial charge on any atom is -0.489 e. The molecule has 118 valence electrons. The number of benzene rings is 1. The monoisotopic (exact) mass is 360 g/mol. The first kappa shape index (κ1) is 16.9. The third-order valence-electron chi connectivity index (χ3n) is 2.72. The highest BCUT2D eigenvalue weighted by Gasteiger charge is 2.16. The van der Waals surface area contributed by atoms with Gasteiger partial charge in [0.15, 0.2) is 0 Å². The molecule has 0 bridgehead atoms. The molecule has 1 aromatic heterocycles. The van der Waals surface area contributed by atoms with Crippen LogP contribution >= 0.6 is 34.5 Å². The second-order valence-electron chi connectivity index (χ2n) is 4.26. The predicted molar refractivity (Wildman–Crippen MR) is 90.5 cm³/mol. The molecule has 0 aliphatic rings. The van der Waals surface area contributed by atoms with E-state index in [4.69, 9.17) is 38.4 Å². The molecule has 1 aromatic carbocycles. The molecule has 0 aliphatic heterocycles. The maximum atomic E-state index is 12.3. The molecule has 1 heterocycles. The lowest BCUT2D eigenvalue weighted by Gasteiger charge is -2.10. The van der Waals surface area contributed by atoms with Crippen molar-refractivity contribution in [1.82, 2.24) is 0 Å². The number of nitrogen functional groups attached to an aromatic ring is 1. The lowest BCUT2D eigenvalue weighted by Crippen LogP contribution is -2.14. The number of carbonyl (C=O) groups is 1. The van der Waals surface area contributed by atoms with Gasteiger partial charge in [-0.2, -0.15) is 0 Å². The van der Waals surface area contributed by atoms with Gasteiger partial charge in [-0.15, -0.1) is 11.3 Å². The van der Waals surface area contributed by atoms with E-state index in [0.29, 0.717) is 45.3 Å². The van der Waals surface area contributed by atoms with Crippen LogP contribution in [0.25, 0.3) is 0 Å². The molecule has 0 radical (unpaired) electrons. The van der Waals surface area contributed by atoms with Crippen LogP contribution < -0.4 is 15.8 Å². The Kier molecular flexibility index (Phi) is 5.90. The van der Waals surface area contributed by atoms with E-state index in [1.165, 1.54) is 23.5 Å². The van der Waals surface area contributed by atoms with Gasteiger partial charge in [0.1, 0.15) is 17.2 Å². The van der Waals surface area contributed by atoms with Crippen LogP contribution in [0.4, 0.5) is 11.4 Å². The Hall–Kier alpha value is -1.47. The van der Waals surface area contributed by atoms with Crippen LogP contribution in [0.1, 0.15) is 9.67 Å². The highest BCUT2D eigenvalue weighted by Crippen LogP contribution is 2.32. The number of amides is 1. The summed E-state index contributed by atoms with van der Waals surface area (Å²) >= 11 is 13.1. The molecule has 0 saturated heterocycles. The molecule has 2 aromatic rings. The quantitative estimate of drug-likeness (QED) is 0.604. The van der Waals surface area contributed by atoms with Gasteiger partial charge >= 0.3 is 0 Å². The molecule has 0 aliphatic carbocycles. The Bertz CT molecular complexity index is 676. The van der Waals surface area contributed by atoms with Crippen molar-refractivity contribution >= 4 is 51.8 Å². The summed E-state index contributed by atoms with van der Waals surface area (Å²) in [4.78, 5) is 12.8. The minimum atomic E-state index is -0.326. The fourth-order valence-electron chi connectivity index (χ4n) is 1.66. The first-order valence-electron chi connectivity index (χ1n) is 6.28. The first-order chi connectivity index (χ1) is 10.5. The molecule has 0 saturated carbocycles. The van der Waals surface area contributed by atoms with Crippen molar-refractivity contribution in [3.63, 3.8) is 0 Å². The molecule has 0 atom stereocenters. The number of hydrogen-bond acceptors (Lipinski definition) is 5. The Balaban J connectivity index is 2.13. The summed E-state index contributed by atoms with van der Waals surface area (Å²) in [6.45, 7) is 0.805. The van der Waals surface area contributed by atoms with E-state index in [9.17, 15) is 4.79 Å². The maximum absolute atomic E-state index is 12.3. The van der Waals surface area contributed by atoms with Crippen molar-refractivity contribution < 1.29 is 14.3 Å². The summed E-state index contributed by atoms with van der Waals surface area (Å²) in [6, 6.07) is 4.73. The van der Waals surface area contributed by atoms with Crippen molar-refractivity contribution in [3.8, 4) is 5.75 Å².